The van der Waals surface area contributed by atoms with E-state index in [1.165, 1.54) is 7.11 Å². The molecule has 0 aromatic heterocycles. The van der Waals surface area contributed by atoms with Crippen LogP contribution in [0.4, 0.5) is 0 Å². The van der Waals surface area contributed by atoms with Crippen LogP contribution in [0.1, 0.15) is 21.5 Å². The van der Waals surface area contributed by atoms with Crippen LogP contribution in [0.3, 0.4) is 0 Å². The van der Waals surface area contributed by atoms with Crippen LogP contribution in [0.15, 0.2) is 42.5 Å². The van der Waals surface area contributed by atoms with Crippen molar-refractivity contribution in [1.82, 2.24) is 9.62 Å². The number of ether oxygens (including phenoxy) is 2. The molecule has 0 atom stereocenters. The Hall–Kier alpha value is -3.07. The highest BCUT2D eigenvalue weighted by Gasteiger charge is 2.36. The van der Waals surface area contributed by atoms with Gasteiger partial charge in [0.05, 0.1) is 20.0 Å². The van der Waals surface area contributed by atoms with Crippen LogP contribution in [0.2, 0.25) is 0 Å². The van der Waals surface area contributed by atoms with E-state index in [1.54, 1.807) is 43.5 Å². The standard InChI is InChI=1S/C20H22N2O6S/c1-27-17-8-7-14(11-18(17)28-2)9-10-21-19(23)12-22-20(24)16-6-4-3-5-15(16)13-29(22,25)26/h3-8,11H,9-10,12-13H2,1-2H3,(H,21,23). The van der Waals surface area contributed by atoms with Gasteiger partial charge in [-0.05, 0) is 35.7 Å². The largest absolute Gasteiger partial charge is 0.493 e. The van der Waals surface area contributed by atoms with Gasteiger partial charge in [-0.1, -0.05) is 24.3 Å². The third kappa shape index (κ3) is 4.51. The fourth-order valence-electron chi connectivity index (χ4n) is 3.13. The highest BCUT2D eigenvalue weighted by Crippen LogP contribution is 2.27. The predicted molar refractivity (Wildman–Crippen MR) is 106 cm³/mol. The first-order valence-electron chi connectivity index (χ1n) is 8.96. The number of hydrogen-bond donors (Lipinski definition) is 1. The lowest BCUT2D eigenvalue weighted by Gasteiger charge is -2.27. The summed E-state index contributed by atoms with van der Waals surface area (Å²) >= 11 is 0. The van der Waals surface area contributed by atoms with Crippen LogP contribution >= 0.6 is 0 Å². The predicted octanol–water partition coefficient (Wildman–Crippen LogP) is 1.35. The minimum atomic E-state index is -3.88. The summed E-state index contributed by atoms with van der Waals surface area (Å²) in [4.78, 5) is 24.8. The van der Waals surface area contributed by atoms with Gasteiger partial charge in [0.2, 0.25) is 15.9 Å². The first kappa shape index (κ1) is 20.7. The Balaban J connectivity index is 1.60. The van der Waals surface area contributed by atoms with Crippen molar-refractivity contribution < 1.29 is 27.5 Å². The molecule has 29 heavy (non-hydrogen) atoms. The van der Waals surface area contributed by atoms with E-state index in [0.717, 1.165) is 5.56 Å². The molecule has 1 heterocycles. The summed E-state index contributed by atoms with van der Waals surface area (Å²) in [6, 6.07) is 11.9. The van der Waals surface area contributed by atoms with Crippen molar-refractivity contribution in [2.75, 3.05) is 27.3 Å². The molecular weight excluding hydrogens is 396 g/mol. The van der Waals surface area contributed by atoms with E-state index in [-0.39, 0.29) is 12.3 Å². The Labute approximate surface area is 169 Å². The van der Waals surface area contributed by atoms with E-state index in [0.29, 0.717) is 33.4 Å². The van der Waals surface area contributed by atoms with Gasteiger partial charge in [0.25, 0.3) is 5.91 Å². The van der Waals surface area contributed by atoms with E-state index >= 15 is 0 Å². The van der Waals surface area contributed by atoms with Gasteiger partial charge in [0.15, 0.2) is 11.5 Å². The molecule has 8 nitrogen and oxygen atoms in total. The number of methoxy groups -OCH3 is 2. The molecule has 0 saturated heterocycles. The van der Waals surface area contributed by atoms with Crippen molar-refractivity contribution in [2.45, 2.75) is 12.2 Å². The molecule has 0 bridgehead atoms. The van der Waals surface area contributed by atoms with E-state index < -0.39 is 28.4 Å². The average Bonchev–Trinajstić information content (AvgIpc) is 2.70. The van der Waals surface area contributed by atoms with E-state index in [4.69, 9.17) is 9.47 Å². The monoisotopic (exact) mass is 418 g/mol. The quantitative estimate of drug-likeness (QED) is 0.728. The van der Waals surface area contributed by atoms with Gasteiger partial charge >= 0.3 is 0 Å². The van der Waals surface area contributed by atoms with Crippen LogP contribution < -0.4 is 14.8 Å². The molecule has 0 aliphatic carbocycles. The van der Waals surface area contributed by atoms with E-state index in [1.807, 2.05) is 6.07 Å². The Kier molecular flexibility index (Phi) is 6.07. The van der Waals surface area contributed by atoms with E-state index in [9.17, 15) is 18.0 Å². The summed E-state index contributed by atoms with van der Waals surface area (Å²) in [5, 5.41) is 2.66. The molecule has 2 aromatic rings. The van der Waals surface area contributed by atoms with Crippen molar-refractivity contribution in [1.29, 1.82) is 0 Å². The Morgan fingerprint density at radius 1 is 1.10 bits per heavy atom. The molecule has 9 heteroatoms. The maximum Gasteiger partial charge on any atom is 0.268 e. The molecule has 2 aromatic carbocycles. The molecule has 2 amide bonds. The lowest BCUT2D eigenvalue weighted by molar-refractivity contribution is -0.121. The van der Waals surface area contributed by atoms with Crippen LogP contribution in [-0.4, -0.2) is 51.8 Å². The van der Waals surface area contributed by atoms with Gasteiger partial charge in [-0.25, -0.2) is 12.7 Å². The van der Waals surface area contributed by atoms with Gasteiger partial charge in [-0.15, -0.1) is 0 Å². The summed E-state index contributed by atoms with van der Waals surface area (Å²) in [7, 11) is -0.796. The number of rotatable bonds is 7. The minimum Gasteiger partial charge on any atom is -0.493 e. The maximum atomic E-state index is 12.5. The summed E-state index contributed by atoms with van der Waals surface area (Å²) in [6.07, 6.45) is 0.510. The summed E-state index contributed by atoms with van der Waals surface area (Å²) in [5.74, 6) is -0.327. The number of benzene rings is 2. The topological polar surface area (TPSA) is 102 Å². The number of sulfonamides is 1. The third-order valence-electron chi connectivity index (χ3n) is 4.62. The molecule has 1 N–H and O–H groups in total. The number of carbonyl (C=O) groups is 2. The summed E-state index contributed by atoms with van der Waals surface area (Å²) in [6.45, 7) is -0.256. The highest BCUT2D eigenvalue weighted by molar-refractivity contribution is 7.89. The van der Waals surface area contributed by atoms with Crippen molar-refractivity contribution >= 4 is 21.8 Å². The molecule has 1 aliphatic heterocycles. The molecule has 154 valence electrons. The molecule has 0 radical (unpaired) electrons. The summed E-state index contributed by atoms with van der Waals surface area (Å²) in [5.41, 5.74) is 1.67. The second-order valence-electron chi connectivity index (χ2n) is 6.51. The lowest BCUT2D eigenvalue weighted by atomic mass is 10.1. The van der Waals surface area contributed by atoms with Crippen LogP contribution in [0.5, 0.6) is 11.5 Å². The first-order valence-corrected chi connectivity index (χ1v) is 10.6. The zero-order chi connectivity index (χ0) is 21.0. The SMILES string of the molecule is COc1ccc(CCNC(=O)CN2C(=O)c3ccccc3CS2(=O)=O)cc1OC. The third-order valence-corrected chi connectivity index (χ3v) is 6.26. The number of hydrogen-bond acceptors (Lipinski definition) is 6. The van der Waals surface area contributed by atoms with Crippen LogP contribution in [-0.2, 0) is 27.0 Å². The highest BCUT2D eigenvalue weighted by atomic mass is 32.2. The fourth-order valence-corrected chi connectivity index (χ4v) is 4.59. The maximum absolute atomic E-state index is 12.5. The zero-order valence-corrected chi connectivity index (χ0v) is 17.0. The van der Waals surface area contributed by atoms with Crippen molar-refractivity contribution in [2.24, 2.45) is 0 Å². The first-order chi connectivity index (χ1) is 13.9. The van der Waals surface area contributed by atoms with Crippen molar-refractivity contribution in [3.8, 4) is 11.5 Å². The lowest BCUT2D eigenvalue weighted by Crippen LogP contribution is -2.47. The Morgan fingerprint density at radius 3 is 2.55 bits per heavy atom. The summed E-state index contributed by atoms with van der Waals surface area (Å²) < 4.78 is 35.9. The smallest absolute Gasteiger partial charge is 0.268 e. The van der Waals surface area contributed by atoms with Crippen LogP contribution in [0.25, 0.3) is 0 Å². The Bertz CT molecular complexity index is 1040. The number of nitrogens with one attached hydrogen (secondary N) is 1. The fraction of sp³-hybridized carbons (Fsp3) is 0.300. The van der Waals surface area contributed by atoms with Crippen LogP contribution in [0, 0.1) is 0 Å². The Morgan fingerprint density at radius 2 is 1.83 bits per heavy atom. The number of fused-ring (bicyclic) bond motifs is 1. The van der Waals surface area contributed by atoms with Gasteiger partial charge in [-0.3, -0.25) is 9.59 Å². The zero-order valence-electron chi connectivity index (χ0n) is 16.2. The second-order valence-corrected chi connectivity index (χ2v) is 8.41. The van der Waals surface area contributed by atoms with Gasteiger partial charge in [0.1, 0.15) is 6.54 Å². The molecule has 3 rings (SSSR count). The van der Waals surface area contributed by atoms with Crippen molar-refractivity contribution in [3.05, 3.63) is 59.2 Å². The normalized spacial score (nSPS) is 14.8. The van der Waals surface area contributed by atoms with Gasteiger partial charge in [0, 0.05) is 12.1 Å². The van der Waals surface area contributed by atoms with Crippen molar-refractivity contribution in [3.63, 3.8) is 0 Å². The molecule has 1 aliphatic rings. The molecular formula is C20H22N2O6S. The van der Waals surface area contributed by atoms with E-state index in [2.05, 4.69) is 5.32 Å². The van der Waals surface area contributed by atoms with Gasteiger partial charge in [-0.2, -0.15) is 0 Å². The number of amides is 2. The second kappa shape index (κ2) is 8.52. The molecule has 0 spiro atoms. The van der Waals surface area contributed by atoms with Gasteiger partial charge < -0.3 is 14.8 Å². The number of carbonyl (C=O) groups excluding carboxylic acids is 2. The molecule has 0 fully saturated rings. The number of nitrogens with zero attached hydrogens (tertiary/aromatic N) is 1. The average molecular weight is 418 g/mol. The molecule has 0 saturated carbocycles. The molecule has 0 unspecified atom stereocenters. The minimum absolute atomic E-state index is 0.285.